The topological polar surface area (TPSA) is 69.0 Å². The third-order valence-electron chi connectivity index (χ3n) is 4.79. The molecule has 1 unspecified atom stereocenters. The van der Waals surface area contributed by atoms with Gasteiger partial charge in [-0.2, -0.15) is 0 Å². The number of hydrogen-bond donors (Lipinski definition) is 1. The summed E-state index contributed by atoms with van der Waals surface area (Å²) in [4.78, 5) is 12.4. The van der Waals surface area contributed by atoms with Crippen molar-refractivity contribution in [1.82, 2.24) is 20.1 Å². The van der Waals surface area contributed by atoms with Gasteiger partial charge < -0.3 is 10.1 Å². The molecule has 0 bridgehead atoms. The van der Waals surface area contributed by atoms with Gasteiger partial charge in [-0.3, -0.25) is 9.36 Å². The number of carbonyl (C=O) groups excluding carboxylic acids is 1. The molecule has 0 saturated carbocycles. The quantitative estimate of drug-likeness (QED) is 0.503. The van der Waals surface area contributed by atoms with Crippen LogP contribution in [0.15, 0.2) is 53.7 Å². The number of carbonyl (C=O) groups is 1. The van der Waals surface area contributed by atoms with Crippen LogP contribution in [0.1, 0.15) is 20.8 Å². The van der Waals surface area contributed by atoms with E-state index in [2.05, 4.69) is 29.4 Å². The first-order valence-electron chi connectivity index (χ1n) is 9.67. The Morgan fingerprint density at radius 2 is 1.77 bits per heavy atom. The second kappa shape index (κ2) is 10.00. The molecular formula is C22H25ClN4O2S. The minimum absolute atomic E-state index is 0.0291. The molecule has 1 atom stereocenters. The van der Waals surface area contributed by atoms with E-state index in [-0.39, 0.29) is 17.7 Å². The predicted octanol–water partition coefficient (Wildman–Crippen LogP) is 4.85. The number of rotatable bonds is 8. The summed E-state index contributed by atoms with van der Waals surface area (Å²) in [5, 5.41) is 13.0. The van der Waals surface area contributed by atoms with Crippen LogP contribution >= 0.6 is 23.4 Å². The molecule has 0 aliphatic carbocycles. The van der Waals surface area contributed by atoms with Gasteiger partial charge in [0.2, 0.25) is 5.91 Å². The van der Waals surface area contributed by atoms with Crippen molar-refractivity contribution >= 4 is 29.3 Å². The van der Waals surface area contributed by atoms with E-state index in [4.69, 9.17) is 16.3 Å². The lowest BCUT2D eigenvalue weighted by molar-refractivity contribution is -0.119. The summed E-state index contributed by atoms with van der Waals surface area (Å²) in [6.45, 7) is 6.17. The summed E-state index contributed by atoms with van der Waals surface area (Å²) in [5.41, 5.74) is 1.76. The molecule has 6 nitrogen and oxygen atoms in total. The Labute approximate surface area is 186 Å². The van der Waals surface area contributed by atoms with Gasteiger partial charge in [0.15, 0.2) is 11.0 Å². The fraction of sp³-hybridized carbons (Fsp3) is 0.318. The molecule has 0 saturated heterocycles. The molecule has 0 radical (unpaired) electrons. The third-order valence-corrected chi connectivity index (χ3v) is 5.97. The van der Waals surface area contributed by atoms with E-state index < -0.39 is 0 Å². The lowest BCUT2D eigenvalue weighted by Gasteiger charge is -2.17. The summed E-state index contributed by atoms with van der Waals surface area (Å²) < 4.78 is 7.20. The zero-order valence-electron chi connectivity index (χ0n) is 17.4. The molecule has 3 rings (SSSR count). The number of benzene rings is 2. The highest BCUT2D eigenvalue weighted by Crippen LogP contribution is 2.29. The first-order chi connectivity index (χ1) is 14.4. The molecule has 0 aliphatic heterocycles. The number of aromatic nitrogens is 3. The highest BCUT2D eigenvalue weighted by atomic mass is 35.5. The number of amides is 1. The molecule has 1 heterocycles. The monoisotopic (exact) mass is 444 g/mol. The molecule has 1 aromatic heterocycles. The first-order valence-corrected chi connectivity index (χ1v) is 11.0. The Balaban J connectivity index is 1.90. The second-order valence-electron chi connectivity index (χ2n) is 7.24. The second-order valence-corrected chi connectivity index (χ2v) is 8.61. The maximum atomic E-state index is 12.4. The molecule has 30 heavy (non-hydrogen) atoms. The number of nitrogens with zero attached hydrogens (tertiary/aromatic N) is 3. The molecular weight excluding hydrogens is 420 g/mol. The van der Waals surface area contributed by atoms with Crippen LogP contribution in [0.5, 0.6) is 5.75 Å². The molecule has 0 aliphatic rings. The zero-order valence-corrected chi connectivity index (χ0v) is 19.0. The average molecular weight is 445 g/mol. The first kappa shape index (κ1) is 22.2. The average Bonchev–Trinajstić information content (AvgIpc) is 3.16. The Kier molecular flexibility index (Phi) is 7.39. The van der Waals surface area contributed by atoms with Gasteiger partial charge in [-0.05, 0) is 61.4 Å². The van der Waals surface area contributed by atoms with Gasteiger partial charge >= 0.3 is 0 Å². The van der Waals surface area contributed by atoms with E-state index in [9.17, 15) is 4.79 Å². The summed E-state index contributed by atoms with van der Waals surface area (Å²) >= 11 is 7.39. The summed E-state index contributed by atoms with van der Waals surface area (Å²) in [6, 6.07) is 15.2. The van der Waals surface area contributed by atoms with Crippen LogP contribution in [-0.4, -0.2) is 39.6 Å². The van der Waals surface area contributed by atoms with E-state index in [1.165, 1.54) is 11.8 Å². The molecule has 3 aromatic rings. The minimum Gasteiger partial charge on any atom is -0.497 e. The molecule has 0 spiro atoms. The Hall–Kier alpha value is -2.51. The van der Waals surface area contributed by atoms with E-state index in [1.54, 1.807) is 7.11 Å². The van der Waals surface area contributed by atoms with Gasteiger partial charge in [-0.1, -0.05) is 37.2 Å². The fourth-order valence-corrected chi connectivity index (χ4v) is 3.59. The van der Waals surface area contributed by atoms with E-state index >= 15 is 0 Å². The van der Waals surface area contributed by atoms with Gasteiger partial charge in [0.25, 0.3) is 0 Å². The van der Waals surface area contributed by atoms with Crippen LogP contribution in [-0.2, 0) is 4.79 Å². The highest BCUT2D eigenvalue weighted by Gasteiger charge is 2.18. The van der Waals surface area contributed by atoms with Crippen molar-refractivity contribution in [2.45, 2.75) is 32.0 Å². The Bertz CT molecular complexity index is 987. The van der Waals surface area contributed by atoms with Crippen LogP contribution in [0.2, 0.25) is 5.02 Å². The largest absolute Gasteiger partial charge is 0.497 e. The summed E-state index contributed by atoms with van der Waals surface area (Å²) in [5.74, 6) is 2.04. The standard InChI is InChI=1S/C22H25ClN4O2S/c1-14(2)15(3)24-20(28)13-30-22-26-25-21(16-5-7-17(23)8-6-16)27(22)18-9-11-19(29-4)12-10-18/h5-12,14-15H,13H2,1-4H3,(H,24,28). The summed E-state index contributed by atoms with van der Waals surface area (Å²) in [7, 11) is 1.63. The van der Waals surface area contributed by atoms with E-state index in [1.807, 2.05) is 60.0 Å². The number of halogens is 1. The van der Waals surface area contributed by atoms with E-state index in [0.29, 0.717) is 21.9 Å². The van der Waals surface area contributed by atoms with Crippen LogP contribution in [0, 0.1) is 5.92 Å². The normalized spacial score (nSPS) is 12.1. The zero-order chi connectivity index (χ0) is 21.7. The highest BCUT2D eigenvalue weighted by molar-refractivity contribution is 7.99. The number of hydrogen-bond acceptors (Lipinski definition) is 5. The molecule has 0 fully saturated rings. The van der Waals surface area contributed by atoms with Gasteiger partial charge in [0, 0.05) is 22.3 Å². The molecule has 1 N–H and O–H groups in total. The van der Waals surface area contributed by atoms with Crippen molar-refractivity contribution < 1.29 is 9.53 Å². The van der Waals surface area contributed by atoms with Crippen LogP contribution in [0.4, 0.5) is 0 Å². The van der Waals surface area contributed by atoms with Gasteiger partial charge in [0.05, 0.1) is 12.9 Å². The van der Waals surface area contributed by atoms with Gasteiger partial charge in [-0.15, -0.1) is 10.2 Å². The molecule has 158 valence electrons. The number of methoxy groups -OCH3 is 1. The van der Waals surface area contributed by atoms with Crippen LogP contribution in [0.3, 0.4) is 0 Å². The number of nitrogens with one attached hydrogen (secondary N) is 1. The van der Waals surface area contributed by atoms with E-state index in [0.717, 1.165) is 17.0 Å². The predicted molar refractivity (Wildman–Crippen MR) is 122 cm³/mol. The lowest BCUT2D eigenvalue weighted by atomic mass is 10.1. The van der Waals surface area contributed by atoms with Crippen molar-refractivity contribution in [1.29, 1.82) is 0 Å². The maximum Gasteiger partial charge on any atom is 0.230 e. The third kappa shape index (κ3) is 5.34. The number of thioether (sulfide) groups is 1. The fourth-order valence-electron chi connectivity index (χ4n) is 2.71. The van der Waals surface area contributed by atoms with Crippen molar-refractivity contribution in [3.05, 3.63) is 53.6 Å². The van der Waals surface area contributed by atoms with Crippen molar-refractivity contribution in [2.75, 3.05) is 12.9 Å². The van der Waals surface area contributed by atoms with Gasteiger partial charge in [0.1, 0.15) is 5.75 Å². The van der Waals surface area contributed by atoms with Crippen molar-refractivity contribution in [2.24, 2.45) is 5.92 Å². The summed E-state index contributed by atoms with van der Waals surface area (Å²) in [6.07, 6.45) is 0. The maximum absolute atomic E-state index is 12.4. The Morgan fingerprint density at radius 1 is 1.10 bits per heavy atom. The minimum atomic E-state index is -0.0291. The smallest absolute Gasteiger partial charge is 0.230 e. The van der Waals surface area contributed by atoms with Crippen LogP contribution < -0.4 is 10.1 Å². The van der Waals surface area contributed by atoms with Crippen LogP contribution in [0.25, 0.3) is 17.1 Å². The molecule has 8 heteroatoms. The Morgan fingerprint density at radius 3 is 2.37 bits per heavy atom. The number of ether oxygens (including phenoxy) is 1. The SMILES string of the molecule is COc1ccc(-n2c(SCC(=O)NC(C)C(C)C)nnc2-c2ccc(Cl)cc2)cc1. The van der Waals surface area contributed by atoms with Crippen molar-refractivity contribution in [3.63, 3.8) is 0 Å². The molecule has 1 amide bonds. The molecule has 2 aromatic carbocycles. The van der Waals surface area contributed by atoms with Gasteiger partial charge in [-0.25, -0.2) is 0 Å². The lowest BCUT2D eigenvalue weighted by Crippen LogP contribution is -2.37. The van der Waals surface area contributed by atoms with Crippen molar-refractivity contribution in [3.8, 4) is 22.8 Å².